The maximum Gasteiger partial charge on any atom is 0.280 e. The van der Waals surface area contributed by atoms with Crippen LogP contribution in [0.5, 0.6) is 0 Å². The lowest BCUT2D eigenvalue weighted by atomic mass is 10.2. The molecule has 1 N–H and O–H groups in total. The van der Waals surface area contributed by atoms with Crippen molar-refractivity contribution < 1.29 is 4.79 Å². The summed E-state index contributed by atoms with van der Waals surface area (Å²) in [6.07, 6.45) is 6.02. The Bertz CT molecular complexity index is 995. The van der Waals surface area contributed by atoms with E-state index in [1.165, 1.54) is 0 Å². The normalized spacial score (nSPS) is 14.8. The Hall–Kier alpha value is -2.89. The zero-order chi connectivity index (χ0) is 18.1. The first-order valence-electron chi connectivity index (χ1n) is 9.06. The molecule has 1 saturated carbocycles. The average molecular weight is 350 g/mol. The highest BCUT2D eigenvalue weighted by atomic mass is 16.2. The third-order valence-corrected chi connectivity index (χ3v) is 4.99. The van der Waals surface area contributed by atoms with Gasteiger partial charge in [-0.25, -0.2) is 9.67 Å². The second-order valence-corrected chi connectivity index (χ2v) is 6.93. The van der Waals surface area contributed by atoms with Crippen molar-refractivity contribution in [3.8, 4) is 5.69 Å². The summed E-state index contributed by atoms with van der Waals surface area (Å²) in [5.41, 5.74) is 2.21. The monoisotopic (exact) mass is 350 g/mol. The van der Waals surface area contributed by atoms with Crippen molar-refractivity contribution in [2.45, 2.75) is 45.2 Å². The zero-order valence-electron chi connectivity index (χ0n) is 14.8. The van der Waals surface area contributed by atoms with E-state index in [0.717, 1.165) is 36.9 Å². The van der Waals surface area contributed by atoms with E-state index < -0.39 is 0 Å². The number of hydrogen-bond donors (Lipinski definition) is 1. The second kappa shape index (κ2) is 6.78. The summed E-state index contributed by atoms with van der Waals surface area (Å²) in [5.74, 6) is -0.0830. The molecule has 0 saturated heterocycles. The number of fused-ring (bicyclic) bond motifs is 1. The molecular weight excluding hydrogens is 328 g/mol. The van der Waals surface area contributed by atoms with E-state index in [9.17, 15) is 9.59 Å². The summed E-state index contributed by atoms with van der Waals surface area (Å²) in [7, 11) is 0. The van der Waals surface area contributed by atoms with E-state index in [1.807, 2.05) is 31.2 Å². The summed E-state index contributed by atoms with van der Waals surface area (Å²) in [4.78, 5) is 29.9. The largest absolute Gasteiger partial charge is 0.352 e. The minimum Gasteiger partial charge on any atom is -0.352 e. The predicted molar refractivity (Wildman–Crippen MR) is 100 cm³/mol. The maximum absolute atomic E-state index is 12.9. The van der Waals surface area contributed by atoms with Gasteiger partial charge in [-0.3, -0.25) is 14.3 Å². The van der Waals surface area contributed by atoms with Crippen LogP contribution in [0.2, 0.25) is 0 Å². The Morgan fingerprint density at radius 3 is 2.65 bits per heavy atom. The highest BCUT2D eigenvalue weighted by Crippen LogP contribution is 2.18. The third-order valence-electron chi connectivity index (χ3n) is 4.99. The number of hydrogen-bond acceptors (Lipinski definition) is 3. The molecule has 0 unspecified atom stereocenters. The molecule has 6 nitrogen and oxygen atoms in total. The van der Waals surface area contributed by atoms with E-state index >= 15 is 0 Å². The van der Waals surface area contributed by atoms with Gasteiger partial charge in [0, 0.05) is 12.2 Å². The third kappa shape index (κ3) is 3.03. The smallest absolute Gasteiger partial charge is 0.280 e. The van der Waals surface area contributed by atoms with Gasteiger partial charge in [0.25, 0.3) is 5.56 Å². The number of aryl methyl sites for hydroxylation is 1. The first-order chi connectivity index (χ1) is 12.6. The van der Waals surface area contributed by atoms with E-state index in [0.29, 0.717) is 11.0 Å². The summed E-state index contributed by atoms with van der Waals surface area (Å²) in [6.45, 7) is 2.07. The van der Waals surface area contributed by atoms with Crippen molar-refractivity contribution in [3.63, 3.8) is 0 Å². The first-order valence-corrected chi connectivity index (χ1v) is 9.06. The number of carbonyl (C=O) groups excluding carboxylic acids is 1. The predicted octanol–water partition coefficient (Wildman–Crippen LogP) is 2.55. The lowest BCUT2D eigenvalue weighted by Crippen LogP contribution is -2.37. The Morgan fingerprint density at radius 2 is 1.92 bits per heavy atom. The molecule has 26 heavy (non-hydrogen) atoms. The van der Waals surface area contributed by atoms with Gasteiger partial charge in [-0.15, -0.1) is 0 Å². The average Bonchev–Trinajstić information content (AvgIpc) is 3.24. The van der Waals surface area contributed by atoms with Gasteiger partial charge >= 0.3 is 0 Å². The highest BCUT2D eigenvalue weighted by Gasteiger charge is 2.21. The molecule has 0 bridgehead atoms. The minimum atomic E-state index is -0.161. The van der Waals surface area contributed by atoms with Gasteiger partial charge in [0.15, 0.2) is 5.65 Å². The lowest BCUT2D eigenvalue weighted by molar-refractivity contribution is -0.122. The van der Waals surface area contributed by atoms with E-state index in [1.54, 1.807) is 27.7 Å². The number of benzene rings is 1. The fourth-order valence-corrected chi connectivity index (χ4v) is 3.66. The Kier molecular flexibility index (Phi) is 4.32. The standard InChI is InChI=1S/C20H22N4O2/c1-14-8-10-16(11-9-14)24-20(26)17-7-4-12-21-19(17)23(24)13-18(25)22-15-5-2-3-6-15/h4,7-12,15H,2-3,5-6,13H2,1H3,(H,22,25). The molecule has 6 heteroatoms. The second-order valence-electron chi connectivity index (χ2n) is 6.93. The van der Waals surface area contributed by atoms with Crippen LogP contribution in [0.3, 0.4) is 0 Å². The minimum absolute atomic E-state index is 0.0696. The number of carbonyl (C=O) groups is 1. The Morgan fingerprint density at radius 1 is 1.19 bits per heavy atom. The van der Waals surface area contributed by atoms with Gasteiger partial charge in [0.2, 0.25) is 5.91 Å². The van der Waals surface area contributed by atoms with Crippen molar-refractivity contribution >= 4 is 16.9 Å². The molecule has 1 aliphatic rings. The van der Waals surface area contributed by atoms with Crippen LogP contribution in [0.4, 0.5) is 0 Å². The number of nitrogens with one attached hydrogen (secondary N) is 1. The number of nitrogens with zero attached hydrogens (tertiary/aromatic N) is 3. The number of pyridine rings is 1. The number of aromatic nitrogens is 3. The van der Waals surface area contributed by atoms with Crippen LogP contribution < -0.4 is 10.9 Å². The van der Waals surface area contributed by atoms with Crippen LogP contribution in [-0.4, -0.2) is 26.3 Å². The van der Waals surface area contributed by atoms with Gasteiger partial charge in [0.05, 0.1) is 11.1 Å². The molecule has 1 amide bonds. The van der Waals surface area contributed by atoms with Crippen LogP contribution in [0, 0.1) is 6.92 Å². The number of rotatable bonds is 4. The molecule has 1 fully saturated rings. The molecule has 4 rings (SSSR count). The van der Waals surface area contributed by atoms with Crippen molar-refractivity contribution in [1.29, 1.82) is 0 Å². The molecule has 0 atom stereocenters. The zero-order valence-corrected chi connectivity index (χ0v) is 14.8. The summed E-state index contributed by atoms with van der Waals surface area (Å²) in [5, 5.41) is 3.60. The van der Waals surface area contributed by atoms with Crippen LogP contribution in [0.25, 0.3) is 16.7 Å². The first kappa shape index (κ1) is 16.6. The van der Waals surface area contributed by atoms with Crippen molar-refractivity contribution in [1.82, 2.24) is 19.7 Å². The van der Waals surface area contributed by atoms with Crippen LogP contribution >= 0.6 is 0 Å². The van der Waals surface area contributed by atoms with Gasteiger partial charge < -0.3 is 5.32 Å². The lowest BCUT2D eigenvalue weighted by Gasteiger charge is -2.15. The number of amides is 1. The van der Waals surface area contributed by atoms with Gasteiger partial charge in [-0.2, -0.15) is 0 Å². The highest BCUT2D eigenvalue weighted by molar-refractivity contribution is 5.80. The molecule has 2 heterocycles. The van der Waals surface area contributed by atoms with E-state index in [2.05, 4.69) is 10.3 Å². The molecule has 2 aromatic heterocycles. The quantitative estimate of drug-likeness (QED) is 0.786. The van der Waals surface area contributed by atoms with Crippen LogP contribution in [0.15, 0.2) is 47.4 Å². The van der Waals surface area contributed by atoms with Crippen molar-refractivity contribution in [3.05, 3.63) is 58.5 Å². The Balaban J connectivity index is 1.76. The fourth-order valence-electron chi connectivity index (χ4n) is 3.66. The molecule has 134 valence electrons. The molecule has 3 aromatic rings. The van der Waals surface area contributed by atoms with Gasteiger partial charge in [-0.05, 0) is 44.0 Å². The molecular formula is C20H22N4O2. The van der Waals surface area contributed by atoms with Gasteiger partial charge in [0.1, 0.15) is 6.54 Å². The molecule has 0 radical (unpaired) electrons. The molecule has 0 aliphatic heterocycles. The van der Waals surface area contributed by atoms with Crippen molar-refractivity contribution in [2.24, 2.45) is 0 Å². The van der Waals surface area contributed by atoms with E-state index in [-0.39, 0.29) is 24.1 Å². The summed E-state index contributed by atoms with van der Waals surface area (Å²) in [6, 6.07) is 11.4. The summed E-state index contributed by atoms with van der Waals surface area (Å²) < 4.78 is 3.22. The SMILES string of the molecule is Cc1ccc(-n2c(=O)c3cccnc3n2CC(=O)NC2CCCC2)cc1. The van der Waals surface area contributed by atoms with Crippen LogP contribution in [0.1, 0.15) is 31.2 Å². The fraction of sp³-hybridized carbons (Fsp3) is 0.350. The Labute approximate surface area is 151 Å². The topological polar surface area (TPSA) is 68.9 Å². The molecule has 0 spiro atoms. The molecule has 1 aromatic carbocycles. The van der Waals surface area contributed by atoms with Crippen molar-refractivity contribution in [2.75, 3.05) is 0 Å². The summed E-state index contributed by atoms with van der Waals surface area (Å²) >= 11 is 0. The van der Waals surface area contributed by atoms with Gasteiger partial charge in [-0.1, -0.05) is 30.5 Å². The maximum atomic E-state index is 12.9. The molecule has 1 aliphatic carbocycles. The van der Waals surface area contributed by atoms with Crippen LogP contribution in [-0.2, 0) is 11.3 Å². The van der Waals surface area contributed by atoms with E-state index in [4.69, 9.17) is 0 Å².